The molecule has 1 saturated heterocycles. The van der Waals surface area contributed by atoms with Crippen LogP contribution in [0.25, 0.3) is 0 Å². The molecule has 1 unspecified atom stereocenters. The van der Waals surface area contributed by atoms with Crippen molar-refractivity contribution in [2.24, 2.45) is 5.92 Å². The molecule has 1 atom stereocenters. The lowest BCUT2D eigenvalue weighted by atomic mass is 10.0. The third kappa shape index (κ3) is 3.67. The molecule has 1 fully saturated rings. The average molecular weight is 345 g/mol. The van der Waals surface area contributed by atoms with Crippen molar-refractivity contribution in [3.63, 3.8) is 0 Å². The third-order valence-corrected chi connectivity index (χ3v) is 4.79. The number of amides is 1. The van der Waals surface area contributed by atoms with Gasteiger partial charge in [-0.05, 0) is 43.4 Å². The number of hydrogen-bond acceptors (Lipinski definition) is 4. The number of nitrogens with zero attached hydrogens (tertiary/aromatic N) is 3. The molecule has 6 heteroatoms. The van der Waals surface area contributed by atoms with Crippen molar-refractivity contribution in [1.29, 1.82) is 0 Å². The van der Waals surface area contributed by atoms with Gasteiger partial charge in [0.2, 0.25) is 0 Å². The first-order valence-corrected chi connectivity index (χ1v) is 8.56. The molecule has 5 nitrogen and oxygen atoms in total. The highest BCUT2D eigenvalue weighted by molar-refractivity contribution is 6.31. The van der Waals surface area contributed by atoms with E-state index < -0.39 is 0 Å². The van der Waals surface area contributed by atoms with E-state index in [-0.39, 0.29) is 5.91 Å². The van der Waals surface area contributed by atoms with E-state index in [1.807, 2.05) is 19.1 Å². The van der Waals surface area contributed by atoms with Crippen LogP contribution in [0.2, 0.25) is 5.02 Å². The number of anilines is 2. The summed E-state index contributed by atoms with van der Waals surface area (Å²) in [5.74, 6) is 1.19. The molecule has 1 aromatic carbocycles. The van der Waals surface area contributed by atoms with Gasteiger partial charge in [0.15, 0.2) is 0 Å². The van der Waals surface area contributed by atoms with Crippen molar-refractivity contribution in [2.75, 3.05) is 23.3 Å². The number of rotatable bonds is 3. The van der Waals surface area contributed by atoms with Crippen molar-refractivity contribution in [3.05, 3.63) is 46.9 Å². The van der Waals surface area contributed by atoms with Crippen LogP contribution in [0.5, 0.6) is 0 Å². The van der Waals surface area contributed by atoms with Gasteiger partial charge in [-0.15, -0.1) is 0 Å². The van der Waals surface area contributed by atoms with Crippen molar-refractivity contribution >= 4 is 29.0 Å². The third-order valence-electron chi connectivity index (χ3n) is 4.38. The Morgan fingerprint density at radius 3 is 3.00 bits per heavy atom. The minimum Gasteiger partial charge on any atom is -0.356 e. The molecule has 126 valence electrons. The summed E-state index contributed by atoms with van der Waals surface area (Å²) < 4.78 is 0. The first-order chi connectivity index (χ1) is 11.5. The lowest BCUT2D eigenvalue weighted by molar-refractivity contribution is 0.102. The van der Waals surface area contributed by atoms with E-state index in [4.69, 9.17) is 11.6 Å². The van der Waals surface area contributed by atoms with Gasteiger partial charge in [-0.25, -0.2) is 9.97 Å². The number of piperidine rings is 1. The summed E-state index contributed by atoms with van der Waals surface area (Å²) in [6, 6.07) is 7.19. The number of halogens is 1. The SMILES string of the molecule is Cc1c(Cl)cccc1NC(=O)c1cc(N2CCCC(C)C2)ncn1. The highest BCUT2D eigenvalue weighted by Gasteiger charge is 2.19. The molecule has 1 aliphatic heterocycles. The summed E-state index contributed by atoms with van der Waals surface area (Å²) in [5, 5.41) is 3.50. The van der Waals surface area contributed by atoms with E-state index in [2.05, 4.69) is 27.1 Å². The molecule has 1 aromatic heterocycles. The topological polar surface area (TPSA) is 58.1 Å². The van der Waals surface area contributed by atoms with E-state index in [1.165, 1.54) is 12.7 Å². The van der Waals surface area contributed by atoms with Gasteiger partial charge in [0.25, 0.3) is 5.91 Å². The van der Waals surface area contributed by atoms with Crippen molar-refractivity contribution < 1.29 is 4.79 Å². The standard InChI is InChI=1S/C18H21ClN4O/c1-12-5-4-8-23(10-12)17-9-16(20-11-21-17)18(24)22-15-7-3-6-14(19)13(15)2/h3,6-7,9,11-12H,4-5,8,10H2,1-2H3,(H,22,24). The molecule has 1 N–H and O–H groups in total. The van der Waals surface area contributed by atoms with Crippen LogP contribution in [-0.2, 0) is 0 Å². The molecular weight excluding hydrogens is 324 g/mol. The number of hydrogen-bond donors (Lipinski definition) is 1. The Labute approximate surface area is 147 Å². The molecule has 2 heterocycles. The molecule has 2 aromatic rings. The molecule has 0 spiro atoms. The quantitative estimate of drug-likeness (QED) is 0.916. The van der Waals surface area contributed by atoms with Crippen molar-refractivity contribution in [2.45, 2.75) is 26.7 Å². The van der Waals surface area contributed by atoms with Gasteiger partial charge < -0.3 is 10.2 Å². The zero-order valence-electron chi connectivity index (χ0n) is 13.9. The van der Waals surface area contributed by atoms with Crippen LogP contribution in [0.1, 0.15) is 35.8 Å². The first kappa shape index (κ1) is 16.7. The molecule has 0 radical (unpaired) electrons. The number of aromatic nitrogens is 2. The summed E-state index contributed by atoms with van der Waals surface area (Å²) >= 11 is 6.10. The van der Waals surface area contributed by atoms with Gasteiger partial charge in [-0.1, -0.05) is 24.6 Å². The minimum atomic E-state index is -0.255. The van der Waals surface area contributed by atoms with Crippen LogP contribution in [0.4, 0.5) is 11.5 Å². The van der Waals surface area contributed by atoms with Crippen LogP contribution in [-0.4, -0.2) is 29.0 Å². The Hall–Kier alpha value is -2.14. The number of nitrogens with one attached hydrogen (secondary N) is 1. The lowest BCUT2D eigenvalue weighted by Crippen LogP contribution is -2.35. The maximum absolute atomic E-state index is 12.5. The lowest BCUT2D eigenvalue weighted by Gasteiger charge is -2.31. The molecule has 1 amide bonds. The fourth-order valence-electron chi connectivity index (χ4n) is 2.97. The molecule has 0 saturated carbocycles. The number of benzene rings is 1. The Morgan fingerprint density at radius 1 is 1.38 bits per heavy atom. The summed E-state index contributed by atoms with van der Waals surface area (Å²) in [7, 11) is 0. The van der Waals surface area contributed by atoms with E-state index in [1.54, 1.807) is 12.1 Å². The minimum absolute atomic E-state index is 0.255. The van der Waals surface area contributed by atoms with Crippen molar-refractivity contribution in [1.82, 2.24) is 9.97 Å². The van der Waals surface area contributed by atoms with E-state index in [0.29, 0.717) is 22.3 Å². The Bertz CT molecular complexity index is 750. The summed E-state index contributed by atoms with van der Waals surface area (Å²) in [4.78, 5) is 23.2. The van der Waals surface area contributed by atoms with Gasteiger partial charge in [-0.3, -0.25) is 4.79 Å². The van der Waals surface area contributed by atoms with Gasteiger partial charge >= 0.3 is 0 Å². The molecule has 0 aliphatic carbocycles. The summed E-state index contributed by atoms with van der Waals surface area (Å²) in [6.45, 7) is 6.04. The molecule has 24 heavy (non-hydrogen) atoms. The second kappa shape index (κ2) is 7.18. The molecule has 0 bridgehead atoms. The van der Waals surface area contributed by atoms with Crippen LogP contribution < -0.4 is 10.2 Å². The Morgan fingerprint density at radius 2 is 2.21 bits per heavy atom. The van der Waals surface area contributed by atoms with Crippen LogP contribution >= 0.6 is 11.6 Å². The second-order valence-corrected chi connectivity index (χ2v) is 6.73. The molecule has 1 aliphatic rings. The van der Waals surface area contributed by atoms with Gasteiger partial charge in [0, 0.05) is 29.9 Å². The van der Waals surface area contributed by atoms with Crippen LogP contribution in [0.3, 0.4) is 0 Å². The van der Waals surface area contributed by atoms with Crippen LogP contribution in [0, 0.1) is 12.8 Å². The Kier molecular flexibility index (Phi) is 5.00. The van der Waals surface area contributed by atoms with Gasteiger partial charge in [0.05, 0.1) is 0 Å². The second-order valence-electron chi connectivity index (χ2n) is 6.32. The fourth-order valence-corrected chi connectivity index (χ4v) is 3.15. The van der Waals surface area contributed by atoms with Gasteiger partial charge in [-0.2, -0.15) is 0 Å². The highest BCUT2D eigenvalue weighted by Crippen LogP contribution is 2.24. The monoisotopic (exact) mass is 344 g/mol. The summed E-state index contributed by atoms with van der Waals surface area (Å²) in [6.07, 6.45) is 3.84. The summed E-state index contributed by atoms with van der Waals surface area (Å²) in [5.41, 5.74) is 1.89. The van der Waals surface area contributed by atoms with E-state index >= 15 is 0 Å². The largest absolute Gasteiger partial charge is 0.356 e. The maximum atomic E-state index is 12.5. The zero-order chi connectivity index (χ0) is 17.1. The predicted octanol–water partition coefficient (Wildman–Crippen LogP) is 3.93. The molecular formula is C18H21ClN4O. The highest BCUT2D eigenvalue weighted by atomic mass is 35.5. The van der Waals surface area contributed by atoms with E-state index in [0.717, 1.165) is 30.9 Å². The van der Waals surface area contributed by atoms with E-state index in [9.17, 15) is 4.79 Å². The maximum Gasteiger partial charge on any atom is 0.274 e. The molecule has 3 rings (SSSR count). The normalized spacial score (nSPS) is 17.6. The smallest absolute Gasteiger partial charge is 0.274 e. The average Bonchev–Trinajstić information content (AvgIpc) is 2.59. The zero-order valence-corrected chi connectivity index (χ0v) is 14.7. The first-order valence-electron chi connectivity index (χ1n) is 8.18. The predicted molar refractivity (Wildman–Crippen MR) is 96.8 cm³/mol. The fraction of sp³-hybridized carbons (Fsp3) is 0.389. The Balaban J connectivity index is 1.78. The number of carbonyl (C=O) groups excluding carboxylic acids is 1. The van der Waals surface area contributed by atoms with Crippen molar-refractivity contribution in [3.8, 4) is 0 Å². The number of carbonyl (C=O) groups is 1. The van der Waals surface area contributed by atoms with Crippen LogP contribution in [0.15, 0.2) is 30.6 Å². The van der Waals surface area contributed by atoms with Gasteiger partial charge in [0.1, 0.15) is 17.8 Å².